The van der Waals surface area contributed by atoms with Crippen LogP contribution in [0.2, 0.25) is 0 Å². The van der Waals surface area contributed by atoms with Crippen molar-refractivity contribution in [3.05, 3.63) is 76.7 Å². The van der Waals surface area contributed by atoms with Crippen LogP contribution in [0.1, 0.15) is 25.7 Å². The molecule has 4 rings (SSSR count). The van der Waals surface area contributed by atoms with Crippen LogP contribution >= 0.6 is 0 Å². The Morgan fingerprint density at radius 1 is 1.00 bits per heavy atom. The molecule has 2 aromatic heterocycles. The van der Waals surface area contributed by atoms with Gasteiger partial charge in [0.15, 0.2) is 16.8 Å². The number of aromatic nitrogens is 2. The van der Waals surface area contributed by atoms with E-state index in [2.05, 4.69) is 10.3 Å². The first-order chi connectivity index (χ1) is 16.8. The molecule has 0 bridgehead atoms. The zero-order chi connectivity index (χ0) is 24.9. The molecule has 1 N–H and O–H groups in total. The van der Waals surface area contributed by atoms with Gasteiger partial charge in [0, 0.05) is 57.3 Å². The van der Waals surface area contributed by atoms with Gasteiger partial charge in [-0.3, -0.25) is 4.79 Å². The van der Waals surface area contributed by atoms with Gasteiger partial charge in [0.1, 0.15) is 17.4 Å². The lowest BCUT2D eigenvalue weighted by atomic mass is 10.1. The van der Waals surface area contributed by atoms with Crippen molar-refractivity contribution in [2.24, 2.45) is 0 Å². The van der Waals surface area contributed by atoms with Crippen LogP contribution in [0, 0.1) is 17.5 Å². The number of nitrogens with one attached hydrogen (secondary N) is 1. The molecule has 184 valence electrons. The van der Waals surface area contributed by atoms with Crippen molar-refractivity contribution in [2.75, 3.05) is 30.9 Å². The quantitative estimate of drug-likeness (QED) is 0.288. The fourth-order valence-electron chi connectivity index (χ4n) is 4.01. The summed E-state index contributed by atoms with van der Waals surface area (Å²) in [5, 5.41) is 2.74. The first kappa shape index (κ1) is 24.4. The van der Waals surface area contributed by atoms with Gasteiger partial charge in [0.25, 0.3) is 0 Å². The monoisotopic (exact) mass is 484 g/mol. The average Bonchev–Trinajstić information content (AvgIpc) is 3.33. The second-order valence-electron chi connectivity index (χ2n) is 8.60. The minimum atomic E-state index is -0.994. The number of fused-ring (bicyclic) bond motifs is 1. The zero-order valence-corrected chi connectivity index (χ0v) is 19.7. The highest BCUT2D eigenvalue weighted by atomic mass is 19.1. The fourth-order valence-corrected chi connectivity index (χ4v) is 4.01. The highest BCUT2D eigenvalue weighted by molar-refractivity contribution is 5.91. The molecule has 0 fully saturated rings. The number of hydrogen-bond acceptors (Lipinski definition) is 5. The Bertz CT molecular complexity index is 1370. The molecule has 0 aliphatic heterocycles. The van der Waals surface area contributed by atoms with Gasteiger partial charge in [-0.2, -0.15) is 0 Å². The summed E-state index contributed by atoms with van der Waals surface area (Å²) in [6.45, 7) is 1.30. The smallest absolute Gasteiger partial charge is 0.195 e. The average molecular weight is 485 g/mol. The van der Waals surface area contributed by atoms with Crippen molar-refractivity contribution >= 4 is 22.3 Å². The summed E-state index contributed by atoms with van der Waals surface area (Å²) in [5.41, 5.74) is -0.429. The van der Waals surface area contributed by atoms with Crippen molar-refractivity contribution in [1.29, 1.82) is 0 Å². The zero-order valence-electron chi connectivity index (χ0n) is 19.7. The van der Waals surface area contributed by atoms with E-state index >= 15 is 0 Å². The maximum atomic E-state index is 14.6. The highest BCUT2D eigenvalue weighted by Gasteiger charge is 2.19. The lowest BCUT2D eigenvalue weighted by Crippen LogP contribution is -2.11. The third kappa shape index (κ3) is 5.50. The second-order valence-corrected chi connectivity index (χ2v) is 8.60. The van der Waals surface area contributed by atoms with Gasteiger partial charge < -0.3 is 19.2 Å². The summed E-state index contributed by atoms with van der Waals surface area (Å²) >= 11 is 0. The first-order valence-corrected chi connectivity index (χ1v) is 11.5. The molecule has 0 saturated carbocycles. The summed E-state index contributed by atoms with van der Waals surface area (Å²) in [5.74, 6) is -2.37. The number of unbranched alkanes of at least 4 members (excludes halogenated alkanes) is 3. The maximum absolute atomic E-state index is 14.6. The van der Waals surface area contributed by atoms with Crippen LogP contribution in [-0.2, 0) is 6.54 Å². The summed E-state index contributed by atoms with van der Waals surface area (Å²) in [6, 6.07) is 6.16. The lowest BCUT2D eigenvalue weighted by Gasteiger charge is -2.14. The van der Waals surface area contributed by atoms with E-state index in [1.54, 1.807) is 37.6 Å². The van der Waals surface area contributed by atoms with Gasteiger partial charge in [-0.05, 0) is 31.0 Å². The Labute approximate surface area is 201 Å². The molecule has 4 aromatic rings. The van der Waals surface area contributed by atoms with E-state index in [-0.39, 0.29) is 28.0 Å². The minimum Gasteiger partial charge on any atom is -0.453 e. The van der Waals surface area contributed by atoms with Crippen molar-refractivity contribution in [3.8, 4) is 11.3 Å². The van der Waals surface area contributed by atoms with Gasteiger partial charge in [-0.25, -0.2) is 18.2 Å². The molecule has 0 saturated heterocycles. The van der Waals surface area contributed by atoms with Crippen molar-refractivity contribution in [1.82, 2.24) is 9.55 Å². The molecule has 0 aliphatic rings. The van der Waals surface area contributed by atoms with Gasteiger partial charge in [0.2, 0.25) is 0 Å². The number of halogens is 3. The highest BCUT2D eigenvalue weighted by Crippen LogP contribution is 2.31. The molecule has 0 amide bonds. The molecular weight excluding hydrogens is 457 g/mol. The summed E-state index contributed by atoms with van der Waals surface area (Å²) in [4.78, 5) is 18.5. The summed E-state index contributed by atoms with van der Waals surface area (Å²) in [6.07, 6.45) is 9.07. The molecule has 0 radical (unpaired) electrons. The minimum absolute atomic E-state index is 0.000978. The van der Waals surface area contributed by atoms with Crippen molar-refractivity contribution in [2.45, 2.75) is 32.2 Å². The number of anilines is 2. The van der Waals surface area contributed by atoms with Gasteiger partial charge in [0.05, 0.1) is 23.1 Å². The molecule has 0 aliphatic carbocycles. The standard InChI is InChI=1S/C26H27F3N4O2/c1-32(2)21-8-7-17(13-18(21)27)23-15-22(34)24-25(19(28)14-20(29)26(24)35-23)31-9-5-3-4-6-11-33-12-10-30-16-33/h7-8,10,12-16,31H,3-6,9,11H2,1-2H3. The van der Waals surface area contributed by atoms with E-state index in [9.17, 15) is 18.0 Å². The largest absolute Gasteiger partial charge is 0.453 e. The molecule has 2 aromatic carbocycles. The Kier molecular flexibility index (Phi) is 7.43. The predicted molar refractivity (Wildman–Crippen MR) is 131 cm³/mol. The normalized spacial score (nSPS) is 11.2. The molecule has 0 atom stereocenters. The van der Waals surface area contributed by atoms with E-state index in [1.165, 1.54) is 12.1 Å². The summed E-state index contributed by atoms with van der Waals surface area (Å²) < 4.78 is 51.3. The van der Waals surface area contributed by atoms with E-state index in [0.29, 0.717) is 18.3 Å². The van der Waals surface area contributed by atoms with Crippen LogP contribution in [0.5, 0.6) is 0 Å². The molecule has 6 nitrogen and oxygen atoms in total. The van der Waals surface area contributed by atoms with Crippen molar-refractivity contribution in [3.63, 3.8) is 0 Å². The number of nitrogens with zero attached hydrogens (tertiary/aromatic N) is 3. The van der Waals surface area contributed by atoms with Crippen LogP contribution in [-0.4, -0.2) is 30.2 Å². The van der Waals surface area contributed by atoms with Crippen LogP contribution < -0.4 is 15.6 Å². The van der Waals surface area contributed by atoms with Crippen LogP contribution in [0.3, 0.4) is 0 Å². The topological polar surface area (TPSA) is 63.3 Å². The lowest BCUT2D eigenvalue weighted by molar-refractivity contribution is 0.545. The SMILES string of the molecule is CN(C)c1ccc(-c2cc(=O)c3c(NCCCCCCn4ccnc4)c(F)cc(F)c3o2)cc1F. The molecule has 2 heterocycles. The Balaban J connectivity index is 1.50. The Morgan fingerprint density at radius 2 is 1.80 bits per heavy atom. The second kappa shape index (κ2) is 10.7. The maximum Gasteiger partial charge on any atom is 0.195 e. The van der Waals surface area contributed by atoms with Crippen molar-refractivity contribution < 1.29 is 17.6 Å². The molecule has 0 unspecified atom stereocenters. The van der Waals surface area contributed by atoms with Gasteiger partial charge >= 0.3 is 0 Å². The molecule has 9 heteroatoms. The van der Waals surface area contributed by atoms with E-state index in [0.717, 1.165) is 38.3 Å². The first-order valence-electron chi connectivity index (χ1n) is 11.5. The van der Waals surface area contributed by atoms with Crippen LogP contribution in [0.4, 0.5) is 24.5 Å². The number of benzene rings is 2. The van der Waals surface area contributed by atoms with E-state index in [4.69, 9.17) is 4.42 Å². The predicted octanol–water partition coefficient (Wildman–Crippen LogP) is 5.81. The number of rotatable bonds is 10. The summed E-state index contributed by atoms with van der Waals surface area (Å²) in [7, 11) is 3.41. The van der Waals surface area contributed by atoms with Crippen LogP contribution in [0.15, 0.2) is 58.3 Å². The van der Waals surface area contributed by atoms with Crippen LogP contribution in [0.25, 0.3) is 22.3 Å². The number of imidazole rings is 1. The Hall–Kier alpha value is -3.75. The van der Waals surface area contributed by atoms with E-state index < -0.39 is 22.9 Å². The third-order valence-electron chi connectivity index (χ3n) is 5.82. The van der Waals surface area contributed by atoms with Gasteiger partial charge in [-0.1, -0.05) is 12.8 Å². The number of hydrogen-bond donors (Lipinski definition) is 1. The fraction of sp³-hybridized carbons (Fsp3) is 0.308. The molecule has 35 heavy (non-hydrogen) atoms. The number of aryl methyl sites for hydroxylation is 1. The molecular formula is C26H27F3N4O2. The third-order valence-corrected chi connectivity index (χ3v) is 5.82. The van der Waals surface area contributed by atoms with Gasteiger partial charge in [-0.15, -0.1) is 0 Å². The Morgan fingerprint density at radius 3 is 2.51 bits per heavy atom. The molecule has 0 spiro atoms. The van der Waals surface area contributed by atoms with E-state index in [1.807, 2.05) is 10.8 Å².